The van der Waals surface area contributed by atoms with Crippen LogP contribution >= 0.6 is 0 Å². The Kier molecular flexibility index (Phi) is 4.29. The third-order valence-electron chi connectivity index (χ3n) is 2.59. The van der Waals surface area contributed by atoms with Crippen LogP contribution in [-0.2, 0) is 4.74 Å². The van der Waals surface area contributed by atoms with Crippen molar-refractivity contribution in [3.63, 3.8) is 0 Å². The van der Waals surface area contributed by atoms with Crippen molar-refractivity contribution in [1.82, 2.24) is 0 Å². The van der Waals surface area contributed by atoms with Gasteiger partial charge in [0.25, 0.3) is 0 Å². The summed E-state index contributed by atoms with van der Waals surface area (Å²) >= 11 is 0. The van der Waals surface area contributed by atoms with E-state index in [1.165, 1.54) is 0 Å². The number of hydrogen-bond donors (Lipinski definition) is 1. The van der Waals surface area contributed by atoms with Gasteiger partial charge < -0.3 is 10.5 Å². The monoisotopic (exact) mass is 265 g/mol. The van der Waals surface area contributed by atoms with E-state index >= 15 is 0 Å². The Balaban J connectivity index is 2.67. The molecule has 2 nitrogen and oxygen atoms in total. The molecule has 1 fully saturated rings. The van der Waals surface area contributed by atoms with Crippen molar-refractivity contribution >= 4 is 0 Å². The number of ether oxygens (including phenoxy) is 1. The second kappa shape index (κ2) is 5.01. The molecule has 0 amide bonds. The van der Waals surface area contributed by atoms with Crippen LogP contribution in [0.3, 0.4) is 0 Å². The fourth-order valence-electron chi connectivity index (χ4n) is 1.84. The molecule has 102 valence electrons. The van der Waals surface area contributed by atoms with Gasteiger partial charge in [-0.25, -0.2) is 0 Å². The second-order valence-corrected chi connectivity index (χ2v) is 4.15. The highest BCUT2D eigenvalue weighted by atomic mass is 19.4. The molecule has 1 aliphatic rings. The van der Waals surface area contributed by atoms with Crippen LogP contribution in [0.15, 0.2) is 0 Å². The van der Waals surface area contributed by atoms with Crippen LogP contribution < -0.4 is 5.73 Å². The summed E-state index contributed by atoms with van der Waals surface area (Å²) in [5, 5.41) is 0. The highest BCUT2D eigenvalue weighted by Crippen LogP contribution is 2.37. The van der Waals surface area contributed by atoms with Gasteiger partial charge in [-0.3, -0.25) is 0 Å². The molecule has 0 aliphatic heterocycles. The van der Waals surface area contributed by atoms with Gasteiger partial charge in [0.05, 0.1) is 6.10 Å². The van der Waals surface area contributed by atoms with E-state index in [1.54, 1.807) is 0 Å². The van der Waals surface area contributed by atoms with E-state index in [0.29, 0.717) is 12.8 Å². The third-order valence-corrected chi connectivity index (χ3v) is 2.59. The lowest BCUT2D eigenvalue weighted by atomic mass is 9.93. The van der Waals surface area contributed by atoms with E-state index in [4.69, 9.17) is 5.73 Å². The molecular weight excluding hydrogens is 252 g/mol. The van der Waals surface area contributed by atoms with Gasteiger partial charge in [-0.05, 0) is 25.7 Å². The van der Waals surface area contributed by atoms with Gasteiger partial charge >= 0.3 is 12.4 Å². The number of halogens is 6. The fraction of sp³-hybridized carbons (Fsp3) is 1.00. The van der Waals surface area contributed by atoms with Crippen LogP contribution in [0.1, 0.15) is 25.7 Å². The lowest BCUT2D eigenvalue weighted by Gasteiger charge is -2.32. The van der Waals surface area contributed by atoms with Crippen LogP contribution in [0.4, 0.5) is 26.3 Å². The van der Waals surface area contributed by atoms with Crippen molar-refractivity contribution in [1.29, 1.82) is 0 Å². The van der Waals surface area contributed by atoms with E-state index in [1.807, 2.05) is 0 Å². The molecule has 2 N–H and O–H groups in total. The average molecular weight is 265 g/mol. The van der Waals surface area contributed by atoms with E-state index in [-0.39, 0.29) is 12.8 Å². The van der Waals surface area contributed by atoms with Crippen LogP contribution in [0.25, 0.3) is 0 Å². The summed E-state index contributed by atoms with van der Waals surface area (Å²) in [4.78, 5) is 0. The Bertz CT molecular complexity index is 237. The zero-order valence-corrected chi connectivity index (χ0v) is 8.81. The average Bonchev–Trinajstić information content (AvgIpc) is 2.10. The summed E-state index contributed by atoms with van der Waals surface area (Å²) in [6.07, 6.45) is -14.4. The molecule has 17 heavy (non-hydrogen) atoms. The van der Waals surface area contributed by atoms with Gasteiger partial charge in [0.15, 0.2) is 0 Å². The smallest absolute Gasteiger partial charge is 0.358 e. The van der Waals surface area contributed by atoms with E-state index in [9.17, 15) is 26.3 Å². The largest absolute Gasteiger partial charge is 0.423 e. The van der Waals surface area contributed by atoms with Crippen LogP contribution in [0.2, 0.25) is 0 Å². The Morgan fingerprint density at radius 1 is 1.00 bits per heavy atom. The molecule has 1 saturated carbocycles. The SMILES string of the molecule is NC1CCCC(OC(C(F)(F)F)C(F)(F)F)C1. The molecule has 0 aromatic carbocycles. The molecule has 2 atom stereocenters. The van der Waals surface area contributed by atoms with Crippen molar-refractivity contribution in [2.45, 2.75) is 56.3 Å². The van der Waals surface area contributed by atoms with Crippen molar-refractivity contribution in [2.24, 2.45) is 5.73 Å². The molecule has 0 aromatic rings. The van der Waals surface area contributed by atoms with Crippen molar-refractivity contribution in [3.8, 4) is 0 Å². The zero-order chi connectivity index (χ0) is 13.3. The molecule has 2 unspecified atom stereocenters. The van der Waals surface area contributed by atoms with Crippen LogP contribution in [0.5, 0.6) is 0 Å². The maximum atomic E-state index is 12.2. The molecule has 0 saturated heterocycles. The Labute approximate surface area is 94.1 Å². The molecule has 1 aliphatic carbocycles. The van der Waals surface area contributed by atoms with Crippen LogP contribution in [-0.4, -0.2) is 30.6 Å². The molecular formula is C9H13F6NO. The fourth-order valence-corrected chi connectivity index (χ4v) is 1.84. The quantitative estimate of drug-likeness (QED) is 0.779. The first kappa shape index (κ1) is 14.6. The highest BCUT2D eigenvalue weighted by molar-refractivity contribution is 4.81. The highest BCUT2D eigenvalue weighted by Gasteiger charge is 2.58. The molecule has 0 aromatic heterocycles. The standard InChI is InChI=1S/C9H13F6NO/c10-8(11,12)7(9(13,14)15)17-6-3-1-2-5(16)4-6/h5-7H,1-4,16H2. The first-order chi connectivity index (χ1) is 7.60. The topological polar surface area (TPSA) is 35.2 Å². The molecule has 0 spiro atoms. The molecule has 1 rings (SSSR count). The minimum Gasteiger partial charge on any atom is -0.358 e. The Morgan fingerprint density at radius 3 is 1.94 bits per heavy atom. The Morgan fingerprint density at radius 2 is 1.53 bits per heavy atom. The predicted octanol–water partition coefficient (Wildman–Crippen LogP) is 2.77. The predicted molar refractivity (Wildman–Crippen MR) is 47.2 cm³/mol. The number of hydrogen-bond acceptors (Lipinski definition) is 2. The summed E-state index contributed by atoms with van der Waals surface area (Å²) in [5.41, 5.74) is 5.48. The first-order valence-electron chi connectivity index (χ1n) is 5.15. The minimum absolute atomic E-state index is 0.0304. The zero-order valence-electron chi connectivity index (χ0n) is 8.81. The first-order valence-corrected chi connectivity index (χ1v) is 5.15. The Hall–Kier alpha value is -0.500. The van der Waals surface area contributed by atoms with E-state index in [2.05, 4.69) is 4.74 Å². The van der Waals surface area contributed by atoms with Gasteiger partial charge in [-0.15, -0.1) is 0 Å². The van der Waals surface area contributed by atoms with Crippen LogP contribution in [0, 0.1) is 0 Å². The van der Waals surface area contributed by atoms with Crippen molar-refractivity contribution in [3.05, 3.63) is 0 Å². The van der Waals surface area contributed by atoms with Gasteiger partial charge in [0, 0.05) is 6.04 Å². The summed E-state index contributed by atoms with van der Waals surface area (Å²) < 4.78 is 77.3. The number of nitrogens with two attached hydrogens (primary N) is 1. The summed E-state index contributed by atoms with van der Waals surface area (Å²) in [6, 6.07) is -0.393. The van der Waals surface area contributed by atoms with E-state index < -0.39 is 30.6 Å². The lowest BCUT2D eigenvalue weighted by molar-refractivity contribution is -0.332. The second-order valence-electron chi connectivity index (χ2n) is 4.15. The lowest BCUT2D eigenvalue weighted by Crippen LogP contribution is -2.47. The van der Waals surface area contributed by atoms with E-state index in [0.717, 1.165) is 0 Å². The van der Waals surface area contributed by atoms with Gasteiger partial charge in [0.1, 0.15) is 0 Å². The van der Waals surface area contributed by atoms with Gasteiger partial charge in [0.2, 0.25) is 6.10 Å². The van der Waals surface area contributed by atoms with Gasteiger partial charge in [-0.1, -0.05) is 0 Å². The molecule has 0 bridgehead atoms. The number of alkyl halides is 6. The number of rotatable bonds is 2. The van der Waals surface area contributed by atoms with Crippen molar-refractivity contribution < 1.29 is 31.1 Å². The molecule has 0 radical (unpaired) electrons. The van der Waals surface area contributed by atoms with Crippen molar-refractivity contribution in [2.75, 3.05) is 0 Å². The normalized spacial score (nSPS) is 27.5. The third kappa shape index (κ3) is 4.34. The molecule has 8 heteroatoms. The summed E-state index contributed by atoms with van der Waals surface area (Å²) in [6.45, 7) is 0. The maximum absolute atomic E-state index is 12.2. The van der Waals surface area contributed by atoms with Gasteiger partial charge in [-0.2, -0.15) is 26.3 Å². The molecule has 0 heterocycles. The summed E-state index contributed by atoms with van der Waals surface area (Å²) in [7, 11) is 0. The maximum Gasteiger partial charge on any atom is 0.423 e. The summed E-state index contributed by atoms with van der Waals surface area (Å²) in [5.74, 6) is 0. The minimum atomic E-state index is -5.44.